The average molecular weight is 234 g/mol. The lowest BCUT2D eigenvalue weighted by Crippen LogP contribution is -2.29. The number of rotatable bonds is 6. The Bertz CT molecular complexity index is 238. The normalized spacial score (nSPS) is 13.3. The van der Waals surface area contributed by atoms with Crippen molar-refractivity contribution in [2.75, 3.05) is 12.9 Å². The number of ether oxygens (including phenoxy) is 1. The Kier molecular flexibility index (Phi) is 5.72. The van der Waals surface area contributed by atoms with E-state index in [1.54, 1.807) is 13.8 Å². The summed E-state index contributed by atoms with van der Waals surface area (Å²) >= 11 is 1.47. The second kappa shape index (κ2) is 6.00. The lowest BCUT2D eigenvalue weighted by atomic mass is 9.97. The molecule has 0 rings (SSSR count). The lowest BCUT2D eigenvalue weighted by Gasteiger charge is -2.22. The van der Waals surface area contributed by atoms with E-state index in [4.69, 9.17) is 5.11 Å². The fraction of sp³-hybridized carbons (Fsp3) is 0.800. The first kappa shape index (κ1) is 14.3. The van der Waals surface area contributed by atoms with Crippen LogP contribution >= 0.6 is 11.8 Å². The molecule has 0 spiro atoms. The van der Waals surface area contributed by atoms with Gasteiger partial charge in [-0.3, -0.25) is 9.59 Å². The summed E-state index contributed by atoms with van der Waals surface area (Å²) in [7, 11) is 1.36. The van der Waals surface area contributed by atoms with Crippen molar-refractivity contribution in [3.8, 4) is 0 Å². The first-order valence-corrected chi connectivity index (χ1v) is 5.76. The lowest BCUT2D eigenvalue weighted by molar-refractivity contribution is -0.149. The molecule has 0 aromatic rings. The number of carbonyl (C=O) groups is 2. The van der Waals surface area contributed by atoms with Crippen LogP contribution in [0.4, 0.5) is 0 Å². The molecule has 0 saturated carbocycles. The molecule has 0 aromatic carbocycles. The van der Waals surface area contributed by atoms with Crippen molar-refractivity contribution < 1.29 is 19.4 Å². The molecule has 0 radical (unpaired) electrons. The summed E-state index contributed by atoms with van der Waals surface area (Å²) in [6.45, 7) is 5.42. The molecule has 0 amide bonds. The maximum absolute atomic E-state index is 11.3. The van der Waals surface area contributed by atoms with Crippen LogP contribution in [0, 0.1) is 5.41 Å². The van der Waals surface area contributed by atoms with E-state index >= 15 is 0 Å². The van der Waals surface area contributed by atoms with Crippen LogP contribution in [0.15, 0.2) is 0 Å². The van der Waals surface area contributed by atoms with Gasteiger partial charge in [-0.1, -0.05) is 6.92 Å². The van der Waals surface area contributed by atoms with Crippen LogP contribution in [0.2, 0.25) is 0 Å². The largest absolute Gasteiger partial charge is 0.481 e. The number of thioether (sulfide) groups is 1. The van der Waals surface area contributed by atoms with Crippen LogP contribution in [-0.4, -0.2) is 35.2 Å². The van der Waals surface area contributed by atoms with Gasteiger partial charge in [0, 0.05) is 11.0 Å². The molecular formula is C10H18O4S. The maximum Gasteiger partial charge on any atom is 0.312 e. The highest BCUT2D eigenvalue weighted by Gasteiger charge is 2.29. The van der Waals surface area contributed by atoms with Crippen molar-refractivity contribution in [2.24, 2.45) is 5.41 Å². The molecule has 88 valence electrons. The summed E-state index contributed by atoms with van der Waals surface area (Å²) < 4.78 is 4.66. The summed E-state index contributed by atoms with van der Waals surface area (Å²) in [5.41, 5.74) is -0.563. The van der Waals surface area contributed by atoms with Gasteiger partial charge in [-0.25, -0.2) is 0 Å². The second-order valence-electron chi connectivity index (χ2n) is 4.09. The number of aliphatic carboxylic acids is 1. The fourth-order valence-electron chi connectivity index (χ4n) is 0.991. The Morgan fingerprint density at radius 3 is 2.40 bits per heavy atom. The molecule has 0 aliphatic heterocycles. The van der Waals surface area contributed by atoms with Crippen LogP contribution in [0.5, 0.6) is 0 Å². The third-order valence-corrected chi connectivity index (χ3v) is 3.55. The van der Waals surface area contributed by atoms with Crippen molar-refractivity contribution in [1.82, 2.24) is 0 Å². The molecule has 5 heteroatoms. The van der Waals surface area contributed by atoms with Gasteiger partial charge in [0.15, 0.2) is 0 Å². The predicted molar refractivity (Wildman–Crippen MR) is 60.0 cm³/mol. The molecule has 1 N–H and O–H groups in total. The van der Waals surface area contributed by atoms with E-state index in [2.05, 4.69) is 4.74 Å². The van der Waals surface area contributed by atoms with Gasteiger partial charge in [0.05, 0.1) is 18.9 Å². The van der Waals surface area contributed by atoms with E-state index in [0.29, 0.717) is 5.75 Å². The van der Waals surface area contributed by atoms with Gasteiger partial charge in [-0.15, -0.1) is 0 Å². The monoisotopic (exact) mass is 234 g/mol. The minimum absolute atomic E-state index is 0.00595. The Labute approximate surface area is 94.4 Å². The van der Waals surface area contributed by atoms with E-state index < -0.39 is 11.4 Å². The Morgan fingerprint density at radius 1 is 1.47 bits per heavy atom. The number of hydrogen-bond acceptors (Lipinski definition) is 4. The molecule has 0 aliphatic rings. The smallest absolute Gasteiger partial charge is 0.312 e. The zero-order chi connectivity index (χ0) is 12.1. The number of hydrogen-bond donors (Lipinski definition) is 1. The van der Waals surface area contributed by atoms with E-state index in [1.807, 2.05) is 6.92 Å². The minimum atomic E-state index is -0.814. The van der Waals surface area contributed by atoms with Crippen LogP contribution in [-0.2, 0) is 14.3 Å². The number of carboxylic acid groups (broad SMARTS) is 1. The summed E-state index contributed by atoms with van der Waals surface area (Å²) in [4.78, 5) is 21.7. The van der Waals surface area contributed by atoms with Gasteiger partial charge in [0.25, 0.3) is 0 Å². The van der Waals surface area contributed by atoms with Gasteiger partial charge in [-0.2, -0.15) is 11.8 Å². The second-order valence-corrected chi connectivity index (χ2v) is 5.52. The minimum Gasteiger partial charge on any atom is -0.481 e. The van der Waals surface area contributed by atoms with E-state index in [0.717, 1.165) is 0 Å². The molecule has 0 heterocycles. The maximum atomic E-state index is 11.3. The Balaban J connectivity index is 4.03. The van der Waals surface area contributed by atoms with Gasteiger partial charge in [0.1, 0.15) is 0 Å². The summed E-state index contributed by atoms with van der Waals surface area (Å²) in [5.74, 6) is -0.517. The first-order valence-electron chi connectivity index (χ1n) is 4.71. The van der Waals surface area contributed by atoms with Crippen molar-refractivity contribution >= 4 is 23.7 Å². The molecule has 0 aromatic heterocycles. The number of carboxylic acids is 1. The van der Waals surface area contributed by atoms with Crippen molar-refractivity contribution in [3.05, 3.63) is 0 Å². The van der Waals surface area contributed by atoms with Gasteiger partial charge in [-0.05, 0) is 13.8 Å². The van der Waals surface area contributed by atoms with Gasteiger partial charge in [0.2, 0.25) is 0 Å². The third-order valence-electron chi connectivity index (χ3n) is 1.93. The molecule has 1 unspecified atom stereocenters. The van der Waals surface area contributed by atoms with Crippen LogP contribution in [0.25, 0.3) is 0 Å². The number of carbonyl (C=O) groups excluding carboxylic acids is 1. The van der Waals surface area contributed by atoms with Gasteiger partial charge >= 0.3 is 11.9 Å². The number of methoxy groups -OCH3 is 1. The summed E-state index contributed by atoms with van der Waals surface area (Å²) in [6, 6.07) is 0. The fourth-order valence-corrected chi connectivity index (χ4v) is 2.07. The number of esters is 1. The summed E-state index contributed by atoms with van der Waals surface area (Å²) in [5, 5.41) is 8.57. The highest BCUT2D eigenvalue weighted by atomic mass is 32.2. The highest BCUT2D eigenvalue weighted by molar-refractivity contribution is 7.99. The molecule has 4 nitrogen and oxygen atoms in total. The van der Waals surface area contributed by atoms with Crippen LogP contribution < -0.4 is 0 Å². The van der Waals surface area contributed by atoms with Crippen molar-refractivity contribution in [1.29, 1.82) is 0 Å². The van der Waals surface area contributed by atoms with E-state index in [9.17, 15) is 9.59 Å². The van der Waals surface area contributed by atoms with Crippen molar-refractivity contribution in [2.45, 2.75) is 32.4 Å². The molecule has 1 atom stereocenters. The zero-order valence-electron chi connectivity index (χ0n) is 9.57. The topological polar surface area (TPSA) is 63.6 Å². The molecule has 15 heavy (non-hydrogen) atoms. The standard InChI is InChI=1S/C10H18O4S/c1-7(5-8(11)12)15-6-10(2,3)9(13)14-4/h7H,5-6H2,1-4H3,(H,11,12). The van der Waals surface area contributed by atoms with Gasteiger partial charge < -0.3 is 9.84 Å². The molecule has 0 fully saturated rings. The molecule has 0 bridgehead atoms. The zero-order valence-corrected chi connectivity index (χ0v) is 10.4. The quantitative estimate of drug-likeness (QED) is 0.710. The highest BCUT2D eigenvalue weighted by Crippen LogP contribution is 2.26. The van der Waals surface area contributed by atoms with E-state index in [1.165, 1.54) is 18.9 Å². The Morgan fingerprint density at radius 2 is 2.00 bits per heavy atom. The van der Waals surface area contributed by atoms with E-state index in [-0.39, 0.29) is 17.6 Å². The molecule has 0 saturated heterocycles. The summed E-state index contributed by atoms with van der Waals surface area (Å²) in [6.07, 6.45) is 0.113. The molecular weight excluding hydrogens is 216 g/mol. The predicted octanol–water partition coefficient (Wildman–Crippen LogP) is 1.78. The first-order chi connectivity index (χ1) is 6.79. The molecule has 0 aliphatic carbocycles. The van der Waals surface area contributed by atoms with Crippen molar-refractivity contribution in [3.63, 3.8) is 0 Å². The van der Waals surface area contributed by atoms with Crippen LogP contribution in [0.1, 0.15) is 27.2 Å². The average Bonchev–Trinajstić information content (AvgIpc) is 2.12. The Hall–Kier alpha value is -0.710. The third kappa shape index (κ3) is 5.67. The van der Waals surface area contributed by atoms with Crippen LogP contribution in [0.3, 0.4) is 0 Å². The SMILES string of the molecule is COC(=O)C(C)(C)CSC(C)CC(=O)O.